The predicted octanol–water partition coefficient (Wildman–Crippen LogP) is -0.248. The van der Waals surface area contributed by atoms with E-state index >= 15 is 0 Å². The number of rotatable bonds is 9. The number of Topliss-reactive ketones (excluding diaryl/α,β-unsaturated/α-hetero) is 2. The van der Waals surface area contributed by atoms with Crippen molar-refractivity contribution in [3.8, 4) is 0 Å². The van der Waals surface area contributed by atoms with Crippen molar-refractivity contribution in [3.63, 3.8) is 0 Å². The summed E-state index contributed by atoms with van der Waals surface area (Å²) >= 11 is 0. The number of nitrogens with zero attached hydrogens (tertiary/aromatic N) is 1. The minimum atomic E-state index is -0.966. The maximum atomic E-state index is 11.4. The van der Waals surface area contributed by atoms with Crippen LogP contribution in [-0.4, -0.2) is 46.6 Å². The number of ketones is 2. The zero-order valence-electron chi connectivity index (χ0n) is 10.6. The van der Waals surface area contributed by atoms with E-state index in [-0.39, 0.29) is 43.9 Å². The fraction of sp³-hybridized carbons (Fsp3) is 0.636. The van der Waals surface area contributed by atoms with Gasteiger partial charge in [0.25, 0.3) is 0 Å². The summed E-state index contributed by atoms with van der Waals surface area (Å²) < 4.78 is 0. The van der Waals surface area contributed by atoms with Crippen LogP contribution in [0.25, 0.3) is 0 Å². The van der Waals surface area contributed by atoms with Crippen molar-refractivity contribution in [1.29, 1.82) is 0 Å². The zero-order chi connectivity index (χ0) is 14.1. The van der Waals surface area contributed by atoms with Crippen molar-refractivity contribution in [2.75, 3.05) is 13.1 Å². The summed E-state index contributed by atoms with van der Waals surface area (Å²) in [7, 11) is 0. The van der Waals surface area contributed by atoms with Gasteiger partial charge in [0, 0.05) is 12.8 Å². The van der Waals surface area contributed by atoms with Crippen molar-refractivity contribution in [2.45, 2.75) is 33.1 Å². The summed E-state index contributed by atoms with van der Waals surface area (Å²) in [4.78, 5) is 43.6. The number of amides is 1. The van der Waals surface area contributed by atoms with Gasteiger partial charge < -0.3 is 5.11 Å². The summed E-state index contributed by atoms with van der Waals surface area (Å²) in [5.74, 6) is -1.73. The molecular weight excluding hydrogens is 240 g/mol. The molecule has 102 valence electrons. The summed E-state index contributed by atoms with van der Waals surface area (Å²) in [5.41, 5.74) is 2.41. The average molecular weight is 258 g/mol. The first kappa shape index (κ1) is 16.2. The molecule has 0 saturated carbocycles. The highest BCUT2D eigenvalue weighted by Gasteiger charge is 2.13. The summed E-state index contributed by atoms with van der Waals surface area (Å²) in [6.07, 6.45) is 0.167. The fourth-order valence-corrected chi connectivity index (χ4v) is 1.30. The first-order valence-corrected chi connectivity index (χ1v) is 5.56. The van der Waals surface area contributed by atoms with Crippen LogP contribution in [0.3, 0.4) is 0 Å². The van der Waals surface area contributed by atoms with E-state index < -0.39 is 11.9 Å². The first-order chi connectivity index (χ1) is 8.31. The van der Waals surface area contributed by atoms with E-state index in [1.807, 2.05) is 0 Å². The Kier molecular flexibility index (Phi) is 7.53. The van der Waals surface area contributed by atoms with E-state index in [2.05, 4.69) is 5.43 Å². The summed E-state index contributed by atoms with van der Waals surface area (Å²) in [5, 5.41) is 9.64. The molecule has 0 aromatic carbocycles. The Balaban J connectivity index is 4.13. The van der Waals surface area contributed by atoms with Crippen LogP contribution in [0.4, 0.5) is 0 Å². The van der Waals surface area contributed by atoms with Gasteiger partial charge in [0.2, 0.25) is 5.91 Å². The molecule has 0 aliphatic rings. The highest BCUT2D eigenvalue weighted by atomic mass is 16.4. The van der Waals surface area contributed by atoms with Crippen molar-refractivity contribution < 1.29 is 24.3 Å². The second-order valence-electron chi connectivity index (χ2n) is 4.04. The lowest BCUT2D eigenvalue weighted by Crippen LogP contribution is -2.46. The smallest absolute Gasteiger partial charge is 0.303 e. The van der Waals surface area contributed by atoms with Gasteiger partial charge in [-0.2, -0.15) is 0 Å². The molecule has 0 saturated heterocycles. The number of hydrazine groups is 1. The largest absolute Gasteiger partial charge is 0.481 e. The van der Waals surface area contributed by atoms with Gasteiger partial charge in [-0.3, -0.25) is 24.6 Å². The maximum absolute atomic E-state index is 11.4. The van der Waals surface area contributed by atoms with Crippen molar-refractivity contribution in [1.82, 2.24) is 10.4 Å². The van der Waals surface area contributed by atoms with E-state index in [4.69, 9.17) is 5.11 Å². The molecule has 2 N–H and O–H groups in total. The fourth-order valence-electron chi connectivity index (χ4n) is 1.30. The highest BCUT2D eigenvalue weighted by Crippen LogP contribution is 1.96. The summed E-state index contributed by atoms with van der Waals surface area (Å²) in [6.45, 7) is 2.60. The Morgan fingerprint density at radius 2 is 1.50 bits per heavy atom. The monoisotopic (exact) mass is 258 g/mol. The average Bonchev–Trinajstić information content (AvgIpc) is 2.13. The second kappa shape index (κ2) is 8.35. The molecular formula is C11H18N2O5. The van der Waals surface area contributed by atoms with Crippen LogP contribution in [0.5, 0.6) is 0 Å². The van der Waals surface area contributed by atoms with Crippen LogP contribution in [0, 0.1) is 0 Å². The van der Waals surface area contributed by atoms with Gasteiger partial charge in [0.05, 0.1) is 13.1 Å². The van der Waals surface area contributed by atoms with Crippen LogP contribution in [-0.2, 0) is 19.2 Å². The quantitative estimate of drug-likeness (QED) is 0.553. The van der Waals surface area contributed by atoms with E-state index in [9.17, 15) is 19.2 Å². The number of nitrogens with one attached hydrogen (secondary N) is 1. The molecule has 0 aromatic rings. The van der Waals surface area contributed by atoms with Crippen molar-refractivity contribution in [2.24, 2.45) is 0 Å². The topological polar surface area (TPSA) is 104 Å². The molecule has 1 amide bonds. The minimum Gasteiger partial charge on any atom is -0.481 e. The Labute approximate surface area is 105 Å². The van der Waals surface area contributed by atoms with Gasteiger partial charge in [-0.05, 0) is 20.3 Å². The summed E-state index contributed by atoms with van der Waals surface area (Å²) in [6, 6.07) is 0. The number of aliphatic carboxylic acids is 1. The van der Waals surface area contributed by atoms with Crippen LogP contribution < -0.4 is 5.43 Å². The van der Waals surface area contributed by atoms with Gasteiger partial charge in [0.15, 0.2) is 0 Å². The molecule has 0 rings (SSSR count). The van der Waals surface area contributed by atoms with Crippen molar-refractivity contribution >= 4 is 23.4 Å². The lowest BCUT2D eigenvalue weighted by atomic mass is 10.2. The van der Waals surface area contributed by atoms with Crippen LogP contribution in [0.1, 0.15) is 33.1 Å². The first-order valence-electron chi connectivity index (χ1n) is 5.56. The zero-order valence-corrected chi connectivity index (χ0v) is 10.6. The molecule has 0 aliphatic carbocycles. The van der Waals surface area contributed by atoms with E-state index in [0.717, 1.165) is 0 Å². The van der Waals surface area contributed by atoms with Crippen LogP contribution >= 0.6 is 0 Å². The number of carboxylic acids is 1. The molecule has 0 bridgehead atoms. The standard InChI is InChI=1S/C11H18N2O5/c1-8(14)6-13(7-9(2)15)12-10(16)4-3-5-11(17)18/h3-7H2,1-2H3,(H,12,16)(H,17,18). The van der Waals surface area contributed by atoms with E-state index in [1.165, 1.54) is 18.9 Å². The Morgan fingerprint density at radius 3 is 1.89 bits per heavy atom. The Hall–Kier alpha value is -1.76. The second-order valence-corrected chi connectivity index (χ2v) is 4.04. The SMILES string of the molecule is CC(=O)CN(CC(C)=O)NC(=O)CCCC(=O)O. The van der Waals surface area contributed by atoms with Crippen LogP contribution in [0.15, 0.2) is 0 Å². The number of carboxylic acid groups (broad SMARTS) is 1. The van der Waals surface area contributed by atoms with E-state index in [0.29, 0.717) is 0 Å². The highest BCUT2D eigenvalue weighted by molar-refractivity contribution is 5.82. The predicted molar refractivity (Wildman–Crippen MR) is 62.6 cm³/mol. The number of hydrogen-bond donors (Lipinski definition) is 2. The Morgan fingerprint density at radius 1 is 1.00 bits per heavy atom. The van der Waals surface area contributed by atoms with Gasteiger partial charge in [-0.25, -0.2) is 5.01 Å². The van der Waals surface area contributed by atoms with Gasteiger partial charge >= 0.3 is 5.97 Å². The lowest BCUT2D eigenvalue weighted by Gasteiger charge is -2.20. The third-order valence-electron chi connectivity index (χ3n) is 1.90. The minimum absolute atomic E-state index is 0.0403. The molecule has 18 heavy (non-hydrogen) atoms. The van der Waals surface area contributed by atoms with Gasteiger partial charge in [-0.15, -0.1) is 0 Å². The van der Waals surface area contributed by atoms with Gasteiger partial charge in [-0.1, -0.05) is 0 Å². The third kappa shape index (κ3) is 9.46. The third-order valence-corrected chi connectivity index (χ3v) is 1.90. The molecule has 0 unspecified atom stereocenters. The lowest BCUT2D eigenvalue weighted by molar-refractivity contribution is -0.137. The maximum Gasteiger partial charge on any atom is 0.303 e. The molecule has 0 aliphatic heterocycles. The normalized spacial score (nSPS) is 10.2. The van der Waals surface area contributed by atoms with Gasteiger partial charge in [0.1, 0.15) is 11.6 Å². The van der Waals surface area contributed by atoms with Crippen molar-refractivity contribution in [3.05, 3.63) is 0 Å². The Bertz CT molecular complexity index is 324. The molecule has 0 aromatic heterocycles. The number of carbonyl (C=O) groups excluding carboxylic acids is 3. The molecule has 7 nitrogen and oxygen atoms in total. The molecule has 0 spiro atoms. The number of carbonyl (C=O) groups is 4. The molecule has 7 heteroatoms. The molecule has 0 atom stereocenters. The molecule has 0 radical (unpaired) electrons. The molecule has 0 fully saturated rings. The number of hydrogen-bond acceptors (Lipinski definition) is 5. The molecule has 0 heterocycles. The van der Waals surface area contributed by atoms with Crippen LogP contribution in [0.2, 0.25) is 0 Å². The van der Waals surface area contributed by atoms with E-state index in [1.54, 1.807) is 0 Å².